The van der Waals surface area contributed by atoms with Gasteiger partial charge in [-0.25, -0.2) is 12.7 Å². The summed E-state index contributed by atoms with van der Waals surface area (Å²) in [6.07, 6.45) is 1.60. The molecule has 0 aromatic heterocycles. The molecule has 1 rings (SSSR count). The van der Waals surface area contributed by atoms with Crippen LogP contribution in [0.5, 0.6) is 0 Å². The molecule has 12 heavy (non-hydrogen) atoms. The monoisotopic (exact) mass is 253 g/mol. The highest BCUT2D eigenvalue weighted by molar-refractivity contribution is 9.10. The number of halogens is 1. The molecule has 0 aromatic carbocycles. The Morgan fingerprint density at radius 1 is 1.42 bits per heavy atom. The van der Waals surface area contributed by atoms with Gasteiger partial charge >= 0.3 is 0 Å². The molecule has 0 radical (unpaired) electrons. The molecule has 5 heteroatoms. The Bertz CT molecular complexity index is 263. The lowest BCUT2D eigenvalue weighted by molar-refractivity contribution is 0.390. The second kappa shape index (κ2) is 3.89. The Hall–Kier alpha value is 0.130. The van der Waals surface area contributed by atoms with Gasteiger partial charge in [0.1, 0.15) is 4.66 Å². The van der Waals surface area contributed by atoms with Crippen LogP contribution >= 0.6 is 15.9 Å². The van der Waals surface area contributed by atoms with Crippen molar-refractivity contribution in [1.82, 2.24) is 4.31 Å². The van der Waals surface area contributed by atoms with Crippen molar-refractivity contribution >= 4 is 26.0 Å². The zero-order chi connectivity index (χ0) is 9.19. The number of nitrogens with zero attached hydrogens (tertiary/aromatic N) is 1. The molecule has 1 aliphatic rings. The zero-order valence-corrected chi connectivity index (χ0v) is 9.20. The van der Waals surface area contributed by atoms with E-state index in [1.807, 2.05) is 0 Å². The Labute approximate surface area is 81.6 Å². The van der Waals surface area contributed by atoms with Gasteiger partial charge in [0, 0.05) is 13.1 Å². The lowest BCUT2D eigenvalue weighted by Gasteiger charge is -2.26. The van der Waals surface area contributed by atoms with Crippen LogP contribution in [-0.2, 0) is 10.0 Å². The van der Waals surface area contributed by atoms with Crippen LogP contribution in [0.25, 0.3) is 0 Å². The van der Waals surface area contributed by atoms with Crippen LogP contribution in [0.3, 0.4) is 0 Å². The predicted molar refractivity (Wildman–Crippen MR) is 52.7 cm³/mol. The van der Waals surface area contributed by atoms with Crippen LogP contribution < -0.4 is 0 Å². The van der Waals surface area contributed by atoms with Crippen LogP contribution in [0.1, 0.15) is 12.8 Å². The number of rotatable bonds is 2. The molecule has 70 valence electrons. The summed E-state index contributed by atoms with van der Waals surface area (Å²) in [6, 6.07) is 0. The number of hydrogen-bond donors (Lipinski definition) is 0. The topological polar surface area (TPSA) is 37.4 Å². The third-order valence-electron chi connectivity index (χ3n) is 1.96. The molecule has 0 atom stereocenters. The summed E-state index contributed by atoms with van der Waals surface area (Å²) in [5.41, 5.74) is 1.15. The van der Waals surface area contributed by atoms with E-state index in [9.17, 15) is 8.42 Å². The van der Waals surface area contributed by atoms with Gasteiger partial charge in [-0.2, -0.15) is 0 Å². The zero-order valence-electron chi connectivity index (χ0n) is 6.79. The van der Waals surface area contributed by atoms with Gasteiger partial charge in [-0.3, -0.25) is 0 Å². The second-order valence-electron chi connectivity index (χ2n) is 2.87. The van der Waals surface area contributed by atoms with Crippen LogP contribution in [-0.4, -0.2) is 30.5 Å². The van der Waals surface area contributed by atoms with Crippen molar-refractivity contribution < 1.29 is 8.42 Å². The van der Waals surface area contributed by atoms with Crippen molar-refractivity contribution in [3.05, 3.63) is 12.2 Å². The third kappa shape index (κ3) is 2.31. The highest BCUT2D eigenvalue weighted by Crippen LogP contribution is 2.17. The SMILES string of the molecule is C=C1CCN(S(=O)(=O)CBr)CC1. The molecule has 1 saturated heterocycles. The quantitative estimate of drug-likeness (QED) is 0.550. The Morgan fingerprint density at radius 3 is 2.33 bits per heavy atom. The van der Waals surface area contributed by atoms with Gasteiger partial charge in [-0.15, -0.1) is 0 Å². The standard InChI is InChI=1S/C7H12BrNO2S/c1-7-2-4-9(5-3-7)12(10,11)6-8/h1-6H2. The Morgan fingerprint density at radius 2 is 1.92 bits per heavy atom. The summed E-state index contributed by atoms with van der Waals surface area (Å²) >= 11 is 2.97. The molecule has 0 spiro atoms. The molecule has 0 unspecified atom stereocenters. The first kappa shape index (κ1) is 10.2. The molecule has 0 saturated carbocycles. The number of piperidine rings is 1. The molecule has 1 aliphatic heterocycles. The third-order valence-corrected chi connectivity index (χ3v) is 5.12. The maximum Gasteiger partial charge on any atom is 0.224 e. The van der Waals surface area contributed by atoms with E-state index in [0.717, 1.165) is 18.4 Å². The van der Waals surface area contributed by atoms with Gasteiger partial charge in [0.05, 0.1) is 0 Å². The van der Waals surface area contributed by atoms with E-state index in [4.69, 9.17) is 0 Å². The van der Waals surface area contributed by atoms with E-state index in [2.05, 4.69) is 22.5 Å². The molecule has 3 nitrogen and oxygen atoms in total. The first-order valence-corrected chi connectivity index (χ1v) is 6.50. The number of hydrogen-bond acceptors (Lipinski definition) is 2. The summed E-state index contributed by atoms with van der Waals surface area (Å²) in [5.74, 6) is 0. The summed E-state index contributed by atoms with van der Waals surface area (Å²) in [6.45, 7) is 5.00. The van der Waals surface area contributed by atoms with Gasteiger partial charge in [0.2, 0.25) is 10.0 Å². The van der Waals surface area contributed by atoms with Gasteiger partial charge in [-0.1, -0.05) is 28.1 Å². The lowest BCUT2D eigenvalue weighted by Crippen LogP contribution is -2.36. The van der Waals surface area contributed by atoms with Crippen LogP contribution in [0.4, 0.5) is 0 Å². The van der Waals surface area contributed by atoms with E-state index in [1.54, 1.807) is 0 Å². The smallest absolute Gasteiger partial charge is 0.211 e. The molecule has 1 fully saturated rings. The summed E-state index contributed by atoms with van der Waals surface area (Å²) in [5, 5.41) is 0. The maximum atomic E-state index is 11.3. The first-order chi connectivity index (χ1) is 5.56. The summed E-state index contributed by atoms with van der Waals surface area (Å²) in [4.78, 5) is 0. The molecule has 0 amide bonds. The normalized spacial score (nSPS) is 21.2. The molecular formula is C7H12BrNO2S. The van der Waals surface area contributed by atoms with E-state index >= 15 is 0 Å². The molecule has 0 aliphatic carbocycles. The Kier molecular flexibility index (Phi) is 3.31. The fraction of sp³-hybridized carbons (Fsp3) is 0.714. The van der Waals surface area contributed by atoms with E-state index in [1.165, 1.54) is 4.31 Å². The largest absolute Gasteiger partial charge is 0.224 e. The van der Waals surface area contributed by atoms with Gasteiger partial charge < -0.3 is 0 Å². The van der Waals surface area contributed by atoms with Crippen molar-refractivity contribution in [3.8, 4) is 0 Å². The van der Waals surface area contributed by atoms with Crippen molar-refractivity contribution in [2.24, 2.45) is 0 Å². The average molecular weight is 254 g/mol. The maximum absolute atomic E-state index is 11.3. The number of alkyl halides is 1. The van der Waals surface area contributed by atoms with Crippen molar-refractivity contribution in [3.63, 3.8) is 0 Å². The minimum absolute atomic E-state index is 0.0203. The van der Waals surface area contributed by atoms with E-state index < -0.39 is 10.0 Å². The molecule has 0 bridgehead atoms. The van der Waals surface area contributed by atoms with Crippen LogP contribution in [0.2, 0.25) is 0 Å². The minimum Gasteiger partial charge on any atom is -0.211 e. The lowest BCUT2D eigenvalue weighted by atomic mass is 10.1. The highest BCUT2D eigenvalue weighted by Gasteiger charge is 2.23. The fourth-order valence-corrected chi connectivity index (χ4v) is 2.90. The van der Waals surface area contributed by atoms with E-state index in [0.29, 0.717) is 13.1 Å². The predicted octanol–water partition coefficient (Wildman–Crippen LogP) is 1.32. The Balaban J connectivity index is 2.62. The summed E-state index contributed by atoms with van der Waals surface area (Å²) in [7, 11) is -3.04. The number of sulfonamides is 1. The van der Waals surface area contributed by atoms with E-state index in [-0.39, 0.29) is 4.66 Å². The first-order valence-electron chi connectivity index (χ1n) is 3.76. The molecule has 0 aromatic rings. The highest BCUT2D eigenvalue weighted by atomic mass is 79.9. The molecular weight excluding hydrogens is 242 g/mol. The minimum atomic E-state index is -3.04. The molecule has 0 N–H and O–H groups in total. The fourth-order valence-electron chi connectivity index (χ4n) is 1.15. The van der Waals surface area contributed by atoms with Gasteiger partial charge in [-0.05, 0) is 12.8 Å². The van der Waals surface area contributed by atoms with Crippen molar-refractivity contribution in [2.45, 2.75) is 12.8 Å². The van der Waals surface area contributed by atoms with Gasteiger partial charge in [0.15, 0.2) is 0 Å². The van der Waals surface area contributed by atoms with Crippen molar-refractivity contribution in [2.75, 3.05) is 17.8 Å². The van der Waals surface area contributed by atoms with Gasteiger partial charge in [0.25, 0.3) is 0 Å². The van der Waals surface area contributed by atoms with Crippen molar-refractivity contribution in [1.29, 1.82) is 0 Å². The second-order valence-corrected chi connectivity index (χ2v) is 6.14. The van der Waals surface area contributed by atoms with Crippen LogP contribution in [0, 0.1) is 0 Å². The average Bonchev–Trinajstić information content (AvgIpc) is 2.05. The molecule has 1 heterocycles. The van der Waals surface area contributed by atoms with Crippen LogP contribution in [0.15, 0.2) is 12.2 Å². The summed E-state index contributed by atoms with van der Waals surface area (Å²) < 4.78 is 24.2.